The number of anilines is 1. The van der Waals surface area contributed by atoms with Crippen LogP contribution < -0.4 is 14.4 Å². The molecule has 6 rings (SSSR count). The average molecular weight is 526 g/mol. The number of aryl methyl sites for hydroxylation is 1. The van der Waals surface area contributed by atoms with Crippen LogP contribution in [0, 0.1) is 6.92 Å². The van der Waals surface area contributed by atoms with E-state index in [1.54, 1.807) is 14.2 Å². The van der Waals surface area contributed by atoms with Gasteiger partial charge >= 0.3 is 0 Å². The Morgan fingerprint density at radius 1 is 0.872 bits per heavy atom. The Morgan fingerprint density at radius 3 is 2.38 bits per heavy atom. The highest BCUT2D eigenvalue weighted by atomic mass is 16.5. The molecule has 1 saturated heterocycles. The number of ether oxygens (including phenoxy) is 2. The van der Waals surface area contributed by atoms with Gasteiger partial charge in [-0.15, -0.1) is 0 Å². The summed E-state index contributed by atoms with van der Waals surface area (Å²) in [5, 5.41) is 0. The molecule has 3 aromatic rings. The quantitative estimate of drug-likeness (QED) is 0.499. The van der Waals surface area contributed by atoms with E-state index in [4.69, 9.17) is 9.47 Å². The summed E-state index contributed by atoms with van der Waals surface area (Å²) in [6, 6.07) is 19.9. The van der Waals surface area contributed by atoms with E-state index in [2.05, 4.69) is 43.0 Å². The molecule has 0 spiro atoms. The van der Waals surface area contributed by atoms with Gasteiger partial charge in [0, 0.05) is 43.5 Å². The van der Waals surface area contributed by atoms with Crippen LogP contribution in [0.1, 0.15) is 51.5 Å². The Kier molecular flexibility index (Phi) is 6.45. The zero-order valence-electron chi connectivity index (χ0n) is 23.0. The SMILES string of the molecule is COc1cc2c(cc1OC)C1C(C(=O)N3CCN(c4cccc(C)c4)C(C)C3)c3ccccc3C(=O)N1CC2. The second-order valence-electron chi connectivity index (χ2n) is 10.8. The van der Waals surface area contributed by atoms with Crippen LogP contribution in [0.4, 0.5) is 5.69 Å². The third-order valence-electron chi connectivity index (χ3n) is 8.56. The van der Waals surface area contributed by atoms with Crippen LogP contribution in [-0.4, -0.2) is 68.1 Å². The van der Waals surface area contributed by atoms with Crippen molar-refractivity contribution in [1.82, 2.24) is 9.80 Å². The number of hydrogen-bond acceptors (Lipinski definition) is 5. The topological polar surface area (TPSA) is 62.3 Å². The lowest BCUT2D eigenvalue weighted by molar-refractivity contribution is -0.135. The van der Waals surface area contributed by atoms with E-state index in [1.807, 2.05) is 46.2 Å². The number of piperazine rings is 1. The second-order valence-corrected chi connectivity index (χ2v) is 10.8. The average Bonchev–Trinajstić information content (AvgIpc) is 2.96. The molecule has 0 radical (unpaired) electrons. The fourth-order valence-electron chi connectivity index (χ4n) is 6.66. The van der Waals surface area contributed by atoms with Crippen molar-refractivity contribution in [1.29, 1.82) is 0 Å². The maximum atomic E-state index is 14.5. The molecule has 3 aliphatic heterocycles. The lowest BCUT2D eigenvalue weighted by Gasteiger charge is -2.48. The molecule has 3 atom stereocenters. The van der Waals surface area contributed by atoms with Crippen LogP contribution in [-0.2, 0) is 11.2 Å². The summed E-state index contributed by atoms with van der Waals surface area (Å²) in [5.41, 5.74) is 5.91. The highest BCUT2D eigenvalue weighted by molar-refractivity contribution is 6.01. The maximum absolute atomic E-state index is 14.5. The van der Waals surface area contributed by atoms with E-state index < -0.39 is 12.0 Å². The van der Waals surface area contributed by atoms with Crippen LogP contribution >= 0.6 is 0 Å². The van der Waals surface area contributed by atoms with Crippen molar-refractivity contribution in [2.45, 2.75) is 38.3 Å². The zero-order valence-corrected chi connectivity index (χ0v) is 23.0. The van der Waals surface area contributed by atoms with Gasteiger partial charge in [0.15, 0.2) is 11.5 Å². The molecule has 3 heterocycles. The molecule has 3 aliphatic rings. The molecule has 0 N–H and O–H groups in total. The number of carbonyl (C=O) groups is 2. The van der Waals surface area contributed by atoms with E-state index in [1.165, 1.54) is 11.3 Å². The van der Waals surface area contributed by atoms with Gasteiger partial charge in [-0.25, -0.2) is 0 Å². The summed E-state index contributed by atoms with van der Waals surface area (Å²) in [7, 11) is 3.24. The summed E-state index contributed by atoms with van der Waals surface area (Å²) in [6.45, 7) is 6.87. The van der Waals surface area contributed by atoms with Gasteiger partial charge in [-0.2, -0.15) is 0 Å². The lowest BCUT2D eigenvalue weighted by atomic mass is 9.75. The molecule has 39 heavy (non-hydrogen) atoms. The minimum absolute atomic E-state index is 0.0160. The van der Waals surface area contributed by atoms with Gasteiger partial charge in [0.1, 0.15) is 0 Å². The Balaban J connectivity index is 1.38. The highest BCUT2D eigenvalue weighted by Crippen LogP contribution is 2.49. The number of nitrogens with zero attached hydrogens (tertiary/aromatic N) is 3. The monoisotopic (exact) mass is 525 g/mol. The van der Waals surface area contributed by atoms with Gasteiger partial charge in [0.05, 0.1) is 26.2 Å². The number of hydrogen-bond donors (Lipinski definition) is 0. The van der Waals surface area contributed by atoms with Crippen LogP contribution in [0.3, 0.4) is 0 Å². The van der Waals surface area contributed by atoms with E-state index in [9.17, 15) is 9.59 Å². The van der Waals surface area contributed by atoms with Gasteiger partial charge < -0.3 is 24.2 Å². The number of amides is 2. The molecule has 1 fully saturated rings. The summed E-state index contributed by atoms with van der Waals surface area (Å²) in [4.78, 5) is 34.5. The standard InChI is InChI=1S/C32H35N3O4/c1-20-8-7-9-23(16-20)34-15-14-33(19-21(34)2)32(37)29-24-10-5-6-11-25(24)31(36)35-13-12-22-17-27(38-3)28(39-4)18-26(22)30(29)35/h5-11,16-18,21,29-30H,12-15,19H2,1-4H3. The van der Waals surface area contributed by atoms with Crippen LogP contribution in [0.2, 0.25) is 0 Å². The normalized spacial score (nSPS) is 22.1. The van der Waals surface area contributed by atoms with Crippen molar-refractivity contribution in [3.05, 3.63) is 88.5 Å². The van der Waals surface area contributed by atoms with Crippen molar-refractivity contribution in [2.24, 2.45) is 0 Å². The van der Waals surface area contributed by atoms with Crippen LogP contribution in [0.5, 0.6) is 11.5 Å². The number of carbonyl (C=O) groups excluding carboxylic acids is 2. The van der Waals surface area contributed by atoms with E-state index in [0.29, 0.717) is 43.1 Å². The summed E-state index contributed by atoms with van der Waals surface area (Å²) in [6.07, 6.45) is 0.702. The van der Waals surface area contributed by atoms with E-state index >= 15 is 0 Å². The summed E-state index contributed by atoms with van der Waals surface area (Å²) >= 11 is 0. The molecule has 3 unspecified atom stereocenters. The molecule has 7 heteroatoms. The van der Waals surface area contributed by atoms with Crippen LogP contribution in [0.15, 0.2) is 60.7 Å². The largest absolute Gasteiger partial charge is 0.493 e. The fourth-order valence-corrected chi connectivity index (χ4v) is 6.66. The van der Waals surface area contributed by atoms with E-state index in [0.717, 1.165) is 23.2 Å². The Bertz CT molecular complexity index is 1440. The molecule has 0 aromatic heterocycles. The first-order valence-corrected chi connectivity index (χ1v) is 13.7. The van der Waals surface area contributed by atoms with Gasteiger partial charge in [-0.3, -0.25) is 9.59 Å². The Morgan fingerprint density at radius 2 is 1.64 bits per heavy atom. The van der Waals surface area contributed by atoms with Crippen molar-refractivity contribution < 1.29 is 19.1 Å². The van der Waals surface area contributed by atoms with E-state index in [-0.39, 0.29) is 17.9 Å². The number of benzene rings is 3. The number of rotatable bonds is 4. The van der Waals surface area contributed by atoms with Gasteiger partial charge in [-0.1, -0.05) is 30.3 Å². The van der Waals surface area contributed by atoms with Crippen molar-refractivity contribution >= 4 is 17.5 Å². The minimum atomic E-state index is -0.492. The van der Waals surface area contributed by atoms with Gasteiger partial charge in [0.25, 0.3) is 5.91 Å². The first kappa shape index (κ1) is 25.3. The summed E-state index contributed by atoms with van der Waals surface area (Å²) < 4.78 is 11.2. The molecular formula is C32H35N3O4. The van der Waals surface area contributed by atoms with Crippen molar-refractivity contribution in [2.75, 3.05) is 45.3 Å². The number of fused-ring (bicyclic) bond motifs is 4. The molecule has 7 nitrogen and oxygen atoms in total. The third-order valence-corrected chi connectivity index (χ3v) is 8.56. The molecule has 3 aromatic carbocycles. The molecule has 2 amide bonds. The van der Waals surface area contributed by atoms with Gasteiger partial charge in [-0.05, 0) is 72.9 Å². The summed E-state index contributed by atoms with van der Waals surface area (Å²) in [5.74, 6) is 0.835. The lowest BCUT2D eigenvalue weighted by Crippen LogP contribution is -2.57. The first-order valence-electron chi connectivity index (χ1n) is 13.7. The molecule has 0 aliphatic carbocycles. The predicted molar refractivity (Wildman–Crippen MR) is 151 cm³/mol. The highest BCUT2D eigenvalue weighted by Gasteiger charge is 2.48. The Hall–Kier alpha value is -4.00. The first-order chi connectivity index (χ1) is 18.9. The molecule has 0 saturated carbocycles. The second kappa shape index (κ2) is 9.95. The number of methoxy groups -OCH3 is 2. The minimum Gasteiger partial charge on any atom is -0.493 e. The Labute approximate surface area is 229 Å². The third kappa shape index (κ3) is 4.20. The molecule has 0 bridgehead atoms. The van der Waals surface area contributed by atoms with Gasteiger partial charge in [0.2, 0.25) is 5.91 Å². The predicted octanol–water partition coefficient (Wildman–Crippen LogP) is 4.59. The fraction of sp³-hybridized carbons (Fsp3) is 0.375. The molecule has 202 valence electrons. The smallest absolute Gasteiger partial charge is 0.254 e. The van der Waals surface area contributed by atoms with Crippen molar-refractivity contribution in [3.8, 4) is 11.5 Å². The molecular weight excluding hydrogens is 490 g/mol. The van der Waals surface area contributed by atoms with Crippen molar-refractivity contribution in [3.63, 3.8) is 0 Å². The zero-order chi connectivity index (χ0) is 27.3. The maximum Gasteiger partial charge on any atom is 0.254 e. The van der Waals surface area contributed by atoms with Crippen LogP contribution in [0.25, 0.3) is 0 Å².